The molecule has 0 unspecified atom stereocenters. The molecule has 0 heterocycles. The summed E-state index contributed by atoms with van der Waals surface area (Å²) in [4.78, 5) is 2.71. The third-order valence-electron chi connectivity index (χ3n) is 6.91. The monoisotopic (exact) mass is 264 g/mol. The highest BCUT2D eigenvalue weighted by molar-refractivity contribution is 5.02. The minimum Gasteiger partial charge on any atom is -0.329 e. The number of nitrogens with two attached hydrogens (primary N) is 1. The molecule has 2 heteroatoms. The van der Waals surface area contributed by atoms with Gasteiger partial charge in [-0.05, 0) is 63.8 Å². The van der Waals surface area contributed by atoms with Crippen molar-refractivity contribution in [2.24, 2.45) is 11.1 Å². The molecule has 2 nitrogen and oxygen atoms in total. The van der Waals surface area contributed by atoms with Gasteiger partial charge in [0.1, 0.15) is 0 Å². The van der Waals surface area contributed by atoms with Crippen LogP contribution in [0, 0.1) is 5.41 Å². The fourth-order valence-corrected chi connectivity index (χ4v) is 5.25. The normalized spacial score (nSPS) is 30.5. The SMILES string of the molecule is CN(C1CCCC1)C1(CN)CCC2(CCCC2)CC1. The van der Waals surface area contributed by atoms with Gasteiger partial charge in [-0.2, -0.15) is 0 Å². The van der Waals surface area contributed by atoms with Gasteiger partial charge >= 0.3 is 0 Å². The molecule has 0 bridgehead atoms. The fourth-order valence-electron chi connectivity index (χ4n) is 5.25. The van der Waals surface area contributed by atoms with E-state index in [0.717, 1.165) is 18.0 Å². The first-order valence-corrected chi connectivity index (χ1v) is 8.63. The lowest BCUT2D eigenvalue weighted by Gasteiger charge is -2.51. The van der Waals surface area contributed by atoms with E-state index in [1.54, 1.807) is 0 Å². The molecule has 3 aliphatic carbocycles. The van der Waals surface area contributed by atoms with Gasteiger partial charge in [-0.3, -0.25) is 4.90 Å². The van der Waals surface area contributed by atoms with E-state index in [1.807, 2.05) is 0 Å². The molecule has 0 aromatic carbocycles. The quantitative estimate of drug-likeness (QED) is 0.842. The first-order valence-electron chi connectivity index (χ1n) is 8.63. The second-order valence-electron chi connectivity index (χ2n) is 7.68. The molecule has 0 aromatic rings. The Balaban J connectivity index is 1.67. The van der Waals surface area contributed by atoms with E-state index in [4.69, 9.17) is 5.73 Å². The van der Waals surface area contributed by atoms with Gasteiger partial charge in [0.05, 0.1) is 0 Å². The molecule has 19 heavy (non-hydrogen) atoms. The molecule has 0 radical (unpaired) electrons. The van der Waals surface area contributed by atoms with Gasteiger partial charge in [-0.25, -0.2) is 0 Å². The van der Waals surface area contributed by atoms with Crippen molar-refractivity contribution in [3.05, 3.63) is 0 Å². The van der Waals surface area contributed by atoms with E-state index in [0.29, 0.717) is 5.54 Å². The summed E-state index contributed by atoms with van der Waals surface area (Å²) < 4.78 is 0. The van der Waals surface area contributed by atoms with E-state index in [9.17, 15) is 0 Å². The van der Waals surface area contributed by atoms with Crippen LogP contribution in [0.3, 0.4) is 0 Å². The number of hydrogen-bond acceptors (Lipinski definition) is 2. The second-order valence-corrected chi connectivity index (χ2v) is 7.68. The Morgan fingerprint density at radius 1 is 0.895 bits per heavy atom. The minimum absolute atomic E-state index is 0.336. The summed E-state index contributed by atoms with van der Waals surface area (Å²) in [5, 5.41) is 0. The van der Waals surface area contributed by atoms with Gasteiger partial charge in [0.15, 0.2) is 0 Å². The van der Waals surface area contributed by atoms with E-state index < -0.39 is 0 Å². The van der Waals surface area contributed by atoms with E-state index in [2.05, 4.69) is 11.9 Å². The third-order valence-corrected chi connectivity index (χ3v) is 6.91. The first kappa shape index (κ1) is 13.9. The average Bonchev–Trinajstić information content (AvgIpc) is 3.11. The summed E-state index contributed by atoms with van der Waals surface area (Å²) in [6.45, 7) is 0.871. The molecule has 0 amide bonds. The van der Waals surface area contributed by atoms with Crippen LogP contribution in [0.5, 0.6) is 0 Å². The van der Waals surface area contributed by atoms with Crippen molar-refractivity contribution in [1.29, 1.82) is 0 Å². The third kappa shape index (κ3) is 2.47. The molecule has 3 saturated carbocycles. The highest BCUT2D eigenvalue weighted by Gasteiger charge is 2.46. The van der Waals surface area contributed by atoms with Gasteiger partial charge in [0.2, 0.25) is 0 Å². The zero-order valence-corrected chi connectivity index (χ0v) is 12.8. The number of likely N-dealkylation sites (N-methyl/N-ethyl adjacent to an activating group) is 1. The van der Waals surface area contributed by atoms with Crippen LogP contribution in [0.4, 0.5) is 0 Å². The molecule has 0 aromatic heterocycles. The Kier molecular flexibility index (Phi) is 3.92. The van der Waals surface area contributed by atoms with Crippen LogP contribution in [0.1, 0.15) is 77.0 Å². The number of hydrogen-bond donors (Lipinski definition) is 1. The lowest BCUT2D eigenvalue weighted by atomic mass is 9.65. The van der Waals surface area contributed by atoms with Crippen molar-refractivity contribution < 1.29 is 0 Å². The van der Waals surface area contributed by atoms with Crippen molar-refractivity contribution in [2.45, 2.75) is 88.6 Å². The molecule has 3 aliphatic rings. The highest BCUT2D eigenvalue weighted by Crippen LogP contribution is 2.52. The van der Waals surface area contributed by atoms with Crippen LogP contribution in [0.15, 0.2) is 0 Å². The van der Waals surface area contributed by atoms with Gasteiger partial charge in [0.25, 0.3) is 0 Å². The molecule has 3 rings (SSSR count). The van der Waals surface area contributed by atoms with Crippen molar-refractivity contribution in [3.8, 4) is 0 Å². The summed E-state index contributed by atoms with van der Waals surface area (Å²) in [7, 11) is 2.37. The van der Waals surface area contributed by atoms with Crippen LogP contribution in [0.2, 0.25) is 0 Å². The van der Waals surface area contributed by atoms with Crippen LogP contribution in [-0.4, -0.2) is 30.1 Å². The van der Waals surface area contributed by atoms with Crippen LogP contribution in [0.25, 0.3) is 0 Å². The maximum Gasteiger partial charge on any atom is 0.0332 e. The van der Waals surface area contributed by atoms with Crippen molar-refractivity contribution in [1.82, 2.24) is 4.90 Å². The Hall–Kier alpha value is -0.0800. The van der Waals surface area contributed by atoms with Crippen molar-refractivity contribution in [3.63, 3.8) is 0 Å². The van der Waals surface area contributed by atoms with Crippen molar-refractivity contribution in [2.75, 3.05) is 13.6 Å². The van der Waals surface area contributed by atoms with Gasteiger partial charge in [-0.1, -0.05) is 25.7 Å². The molecule has 0 aliphatic heterocycles. The Bertz CT molecular complexity index is 290. The largest absolute Gasteiger partial charge is 0.329 e. The maximum absolute atomic E-state index is 6.25. The molecule has 2 N–H and O–H groups in total. The summed E-state index contributed by atoms with van der Waals surface area (Å²) in [5.74, 6) is 0. The Morgan fingerprint density at radius 2 is 1.47 bits per heavy atom. The lowest BCUT2D eigenvalue weighted by Crippen LogP contribution is -2.58. The van der Waals surface area contributed by atoms with E-state index >= 15 is 0 Å². The van der Waals surface area contributed by atoms with Crippen molar-refractivity contribution >= 4 is 0 Å². The molecule has 0 saturated heterocycles. The predicted molar refractivity (Wildman–Crippen MR) is 81.2 cm³/mol. The molecule has 3 fully saturated rings. The maximum atomic E-state index is 6.25. The number of rotatable bonds is 3. The zero-order chi connectivity index (χ0) is 13.3. The topological polar surface area (TPSA) is 29.3 Å². The Labute approximate surface area is 119 Å². The standard InChI is InChI=1S/C17H32N2/c1-19(15-6-2-3-7-15)17(14-18)12-10-16(11-13-17)8-4-5-9-16/h15H,2-14,18H2,1H3. The van der Waals surface area contributed by atoms with Gasteiger partial charge < -0.3 is 5.73 Å². The molecule has 0 atom stereocenters. The molecule has 110 valence electrons. The fraction of sp³-hybridized carbons (Fsp3) is 1.00. The number of nitrogens with zero attached hydrogens (tertiary/aromatic N) is 1. The summed E-state index contributed by atoms with van der Waals surface area (Å²) in [6.07, 6.45) is 17.2. The second kappa shape index (κ2) is 5.37. The van der Waals surface area contributed by atoms with Crippen LogP contribution < -0.4 is 5.73 Å². The zero-order valence-electron chi connectivity index (χ0n) is 12.8. The highest BCUT2D eigenvalue weighted by atomic mass is 15.2. The lowest BCUT2D eigenvalue weighted by molar-refractivity contribution is 0.00598. The molecular formula is C17H32N2. The van der Waals surface area contributed by atoms with Gasteiger partial charge in [-0.15, -0.1) is 0 Å². The van der Waals surface area contributed by atoms with E-state index in [1.165, 1.54) is 77.0 Å². The van der Waals surface area contributed by atoms with E-state index in [-0.39, 0.29) is 0 Å². The summed E-state index contributed by atoms with van der Waals surface area (Å²) in [6, 6.07) is 0.821. The first-order chi connectivity index (χ1) is 9.20. The predicted octanol–water partition coefficient (Wildman–Crippen LogP) is 3.69. The van der Waals surface area contributed by atoms with Crippen LogP contribution in [-0.2, 0) is 0 Å². The average molecular weight is 264 g/mol. The molecule has 1 spiro atoms. The van der Waals surface area contributed by atoms with Crippen LogP contribution >= 0.6 is 0 Å². The minimum atomic E-state index is 0.336. The van der Waals surface area contributed by atoms with Gasteiger partial charge in [0, 0.05) is 18.1 Å². The molecular weight excluding hydrogens is 232 g/mol. The Morgan fingerprint density at radius 3 is 2.00 bits per heavy atom. The summed E-state index contributed by atoms with van der Waals surface area (Å²) in [5.41, 5.74) is 7.32. The summed E-state index contributed by atoms with van der Waals surface area (Å²) >= 11 is 0. The smallest absolute Gasteiger partial charge is 0.0332 e.